The average Bonchev–Trinajstić information content (AvgIpc) is 2.16. The predicted molar refractivity (Wildman–Crippen MR) is 54.9 cm³/mol. The Kier molecular flexibility index (Phi) is 6.36. The molecule has 1 rings (SSSR count). The van der Waals surface area contributed by atoms with Crippen molar-refractivity contribution in [2.24, 2.45) is 11.8 Å². The van der Waals surface area contributed by atoms with Crippen molar-refractivity contribution in [3.8, 4) is 0 Å². The third-order valence-corrected chi connectivity index (χ3v) is 2.56. The summed E-state index contributed by atoms with van der Waals surface area (Å²) in [4.78, 5) is 44.7. The Hall–Kier alpha value is -0.260. The molecule has 1 aliphatic carbocycles. The number of rotatable bonds is 3. The van der Waals surface area contributed by atoms with Crippen LogP contribution in [0.3, 0.4) is 0 Å². The smallest absolute Gasteiger partial charge is 0.481 e. The second-order valence-electron chi connectivity index (χ2n) is 3.63. The molecule has 0 saturated heterocycles. The first kappa shape index (κ1) is 15.7. The van der Waals surface area contributed by atoms with Gasteiger partial charge in [-0.05, 0) is 0 Å². The minimum atomic E-state index is -1.20. The number of aliphatic carboxylic acids is 1. The van der Waals surface area contributed by atoms with E-state index in [1.807, 2.05) is 0 Å². The molecule has 82 valence electrons. The molecule has 0 bridgehead atoms. The Morgan fingerprint density at radius 2 is 1.69 bits per heavy atom. The summed E-state index contributed by atoms with van der Waals surface area (Å²) in [6.45, 7) is 1.58. The Bertz CT molecular complexity index is 318. The standard InChI is InChI=1S/C10H12O5.Ca/c1-2-6(11)9-7(12)3-5(10(14)15)4-8(9)13;/h5,9H,2-4H2,1H3,(H,14,15);/q;+2. The van der Waals surface area contributed by atoms with E-state index in [4.69, 9.17) is 5.11 Å². The van der Waals surface area contributed by atoms with Gasteiger partial charge in [0.05, 0.1) is 5.92 Å². The zero-order valence-corrected chi connectivity index (χ0v) is 11.3. The van der Waals surface area contributed by atoms with Crippen molar-refractivity contribution in [2.75, 3.05) is 0 Å². The van der Waals surface area contributed by atoms with Crippen LogP contribution in [0.4, 0.5) is 0 Å². The molecule has 0 aromatic carbocycles. The van der Waals surface area contributed by atoms with Crippen molar-refractivity contribution in [2.45, 2.75) is 26.2 Å². The van der Waals surface area contributed by atoms with Crippen LogP contribution in [-0.4, -0.2) is 66.2 Å². The Morgan fingerprint density at radius 3 is 2.00 bits per heavy atom. The van der Waals surface area contributed by atoms with Gasteiger partial charge in [-0.2, -0.15) is 0 Å². The van der Waals surface area contributed by atoms with Crippen LogP contribution in [0, 0.1) is 11.8 Å². The molecule has 0 atom stereocenters. The van der Waals surface area contributed by atoms with Crippen molar-refractivity contribution in [3.05, 3.63) is 0 Å². The van der Waals surface area contributed by atoms with Gasteiger partial charge in [0, 0.05) is 19.3 Å². The van der Waals surface area contributed by atoms with Gasteiger partial charge < -0.3 is 5.11 Å². The van der Waals surface area contributed by atoms with Crippen LogP contribution >= 0.6 is 0 Å². The van der Waals surface area contributed by atoms with E-state index in [0.717, 1.165) is 0 Å². The van der Waals surface area contributed by atoms with E-state index in [-0.39, 0.29) is 57.0 Å². The molecule has 1 saturated carbocycles. The maximum atomic E-state index is 11.4. The molecule has 1 N–H and O–H groups in total. The normalized spacial score (nSPS) is 24.8. The molecular formula is C10H12CaO5+2. The number of carbonyl (C=O) groups excluding carboxylic acids is 3. The molecule has 0 unspecified atom stereocenters. The Labute approximate surface area is 123 Å². The summed E-state index contributed by atoms with van der Waals surface area (Å²) < 4.78 is 0. The van der Waals surface area contributed by atoms with Gasteiger partial charge in [-0.1, -0.05) is 6.92 Å². The summed E-state index contributed by atoms with van der Waals surface area (Å²) in [5.41, 5.74) is 0. The number of hydrogen-bond acceptors (Lipinski definition) is 4. The van der Waals surface area contributed by atoms with Crippen molar-refractivity contribution in [3.63, 3.8) is 0 Å². The van der Waals surface area contributed by atoms with Gasteiger partial charge in [0.25, 0.3) is 0 Å². The van der Waals surface area contributed by atoms with Gasteiger partial charge in [0.2, 0.25) is 0 Å². The molecule has 5 nitrogen and oxygen atoms in total. The zero-order valence-electron chi connectivity index (χ0n) is 9.06. The van der Waals surface area contributed by atoms with E-state index in [0.29, 0.717) is 0 Å². The van der Waals surface area contributed by atoms with E-state index in [2.05, 4.69) is 0 Å². The minimum absolute atomic E-state index is 0. The van der Waals surface area contributed by atoms with Gasteiger partial charge >= 0.3 is 43.7 Å². The molecule has 0 radical (unpaired) electrons. The fraction of sp³-hybridized carbons (Fsp3) is 0.600. The van der Waals surface area contributed by atoms with E-state index in [1.165, 1.54) is 0 Å². The van der Waals surface area contributed by atoms with E-state index in [1.54, 1.807) is 6.92 Å². The number of ketones is 3. The van der Waals surface area contributed by atoms with Crippen LogP contribution in [0.1, 0.15) is 26.2 Å². The number of hydrogen-bond donors (Lipinski definition) is 1. The first-order valence-corrected chi connectivity index (χ1v) is 4.78. The number of Topliss-reactive ketones (excluding diaryl/α,β-unsaturated/α-hetero) is 3. The van der Waals surface area contributed by atoms with Crippen molar-refractivity contribution < 1.29 is 24.3 Å². The maximum absolute atomic E-state index is 11.4. The predicted octanol–water partition coefficient (Wildman–Crippen LogP) is -0.166. The molecular weight excluding hydrogens is 240 g/mol. The van der Waals surface area contributed by atoms with Gasteiger partial charge in [-0.3, -0.25) is 19.2 Å². The monoisotopic (exact) mass is 252 g/mol. The van der Waals surface area contributed by atoms with Crippen LogP contribution in [0.2, 0.25) is 0 Å². The zero-order chi connectivity index (χ0) is 11.6. The molecule has 16 heavy (non-hydrogen) atoms. The van der Waals surface area contributed by atoms with Gasteiger partial charge in [-0.25, -0.2) is 0 Å². The molecule has 1 fully saturated rings. The summed E-state index contributed by atoms with van der Waals surface area (Å²) in [6, 6.07) is 0. The fourth-order valence-corrected chi connectivity index (χ4v) is 1.71. The van der Waals surface area contributed by atoms with Crippen LogP contribution < -0.4 is 0 Å². The third-order valence-electron chi connectivity index (χ3n) is 2.56. The number of carboxylic acid groups (broad SMARTS) is 1. The molecule has 0 aromatic rings. The van der Waals surface area contributed by atoms with Crippen molar-refractivity contribution >= 4 is 61.1 Å². The Morgan fingerprint density at radius 1 is 1.25 bits per heavy atom. The summed E-state index contributed by atoms with van der Waals surface area (Å²) in [5, 5.41) is 8.67. The summed E-state index contributed by atoms with van der Waals surface area (Å²) >= 11 is 0. The topological polar surface area (TPSA) is 88.5 Å². The quantitative estimate of drug-likeness (QED) is 0.556. The van der Waals surface area contributed by atoms with Crippen LogP contribution in [0.5, 0.6) is 0 Å². The first-order chi connectivity index (χ1) is 6.97. The van der Waals surface area contributed by atoms with Crippen molar-refractivity contribution in [1.82, 2.24) is 0 Å². The van der Waals surface area contributed by atoms with Crippen LogP contribution in [-0.2, 0) is 19.2 Å². The summed E-state index contributed by atoms with van der Waals surface area (Å²) in [7, 11) is 0. The molecule has 0 heterocycles. The SMILES string of the molecule is CCC(=O)C1C(=O)CC(C(=O)O)CC1=O.[Ca+2]. The Balaban J connectivity index is 0.00000225. The number of carboxylic acids is 1. The first-order valence-electron chi connectivity index (χ1n) is 4.78. The van der Waals surface area contributed by atoms with Crippen molar-refractivity contribution in [1.29, 1.82) is 0 Å². The van der Waals surface area contributed by atoms with Gasteiger partial charge in [-0.15, -0.1) is 0 Å². The largest absolute Gasteiger partial charge is 2.00 e. The maximum Gasteiger partial charge on any atom is 2.00 e. The van der Waals surface area contributed by atoms with E-state index < -0.39 is 35.2 Å². The van der Waals surface area contributed by atoms with Crippen LogP contribution in [0.25, 0.3) is 0 Å². The number of carbonyl (C=O) groups is 4. The molecule has 6 heteroatoms. The second kappa shape index (κ2) is 6.47. The summed E-state index contributed by atoms with van der Waals surface area (Å²) in [6.07, 6.45) is -0.297. The summed E-state index contributed by atoms with van der Waals surface area (Å²) in [5.74, 6) is -4.82. The van der Waals surface area contributed by atoms with E-state index >= 15 is 0 Å². The minimum Gasteiger partial charge on any atom is -0.481 e. The molecule has 1 aliphatic rings. The molecule has 0 spiro atoms. The van der Waals surface area contributed by atoms with Crippen LogP contribution in [0.15, 0.2) is 0 Å². The molecule has 0 aromatic heterocycles. The van der Waals surface area contributed by atoms with Gasteiger partial charge in [0.15, 0.2) is 17.3 Å². The molecule has 0 aliphatic heterocycles. The van der Waals surface area contributed by atoms with E-state index in [9.17, 15) is 19.2 Å². The van der Waals surface area contributed by atoms with Gasteiger partial charge in [0.1, 0.15) is 5.92 Å². The molecule has 0 amide bonds. The third kappa shape index (κ3) is 3.37. The fourth-order valence-electron chi connectivity index (χ4n) is 1.71. The average molecular weight is 252 g/mol. The second-order valence-corrected chi connectivity index (χ2v) is 3.63.